The van der Waals surface area contributed by atoms with Gasteiger partial charge >= 0.3 is 0 Å². The van der Waals surface area contributed by atoms with Crippen LogP contribution in [0, 0.1) is 0 Å². The van der Waals surface area contributed by atoms with E-state index in [0.717, 1.165) is 42.5 Å². The van der Waals surface area contributed by atoms with Crippen molar-refractivity contribution in [2.45, 2.75) is 13.3 Å². The molecule has 1 aromatic carbocycles. The van der Waals surface area contributed by atoms with E-state index in [1.54, 1.807) is 0 Å². The minimum atomic E-state index is 0.660. The van der Waals surface area contributed by atoms with Gasteiger partial charge in [0, 0.05) is 18.5 Å². The summed E-state index contributed by atoms with van der Waals surface area (Å²) in [5, 5.41) is 1.03. The lowest BCUT2D eigenvalue weighted by Crippen LogP contribution is -2.37. The molecule has 3 rings (SSSR count). The van der Waals surface area contributed by atoms with Crippen molar-refractivity contribution in [2.24, 2.45) is 0 Å². The summed E-state index contributed by atoms with van der Waals surface area (Å²) in [4.78, 5) is 18.2. The largest absolute Gasteiger partial charge is 0.378 e. The van der Waals surface area contributed by atoms with Gasteiger partial charge in [-0.05, 0) is 30.2 Å². The van der Waals surface area contributed by atoms with Crippen LogP contribution in [-0.4, -0.2) is 37.6 Å². The minimum absolute atomic E-state index is 0.660. The van der Waals surface area contributed by atoms with Crippen LogP contribution in [0.4, 0.5) is 5.82 Å². The molecule has 1 aliphatic rings. The molecule has 20 heavy (non-hydrogen) atoms. The molecule has 0 bridgehead atoms. The lowest BCUT2D eigenvalue weighted by molar-refractivity contribution is 0.111. The van der Waals surface area contributed by atoms with E-state index >= 15 is 0 Å². The zero-order valence-corrected chi connectivity index (χ0v) is 11.6. The van der Waals surface area contributed by atoms with E-state index in [-0.39, 0.29) is 0 Å². The second-order valence-electron chi connectivity index (χ2n) is 5.00. The zero-order chi connectivity index (χ0) is 13.9. The molecule has 1 aliphatic heterocycles. The maximum absolute atomic E-state index is 11.4. The molecule has 0 aliphatic carbocycles. The van der Waals surface area contributed by atoms with Gasteiger partial charge in [-0.15, -0.1) is 0 Å². The molecule has 0 atom stereocenters. The molecule has 0 amide bonds. The topological polar surface area (TPSA) is 42.4 Å². The molecule has 0 saturated carbocycles. The van der Waals surface area contributed by atoms with Crippen molar-refractivity contribution in [1.82, 2.24) is 4.98 Å². The monoisotopic (exact) mass is 270 g/mol. The Morgan fingerprint density at radius 1 is 1.30 bits per heavy atom. The second kappa shape index (κ2) is 5.59. The van der Waals surface area contributed by atoms with Crippen LogP contribution in [0.15, 0.2) is 24.3 Å². The number of benzene rings is 1. The molecule has 1 saturated heterocycles. The van der Waals surface area contributed by atoms with E-state index in [1.165, 1.54) is 5.56 Å². The highest BCUT2D eigenvalue weighted by Crippen LogP contribution is 2.24. The Morgan fingerprint density at radius 3 is 2.80 bits per heavy atom. The second-order valence-corrected chi connectivity index (χ2v) is 5.00. The number of hydrogen-bond acceptors (Lipinski definition) is 4. The Kier molecular flexibility index (Phi) is 3.65. The molecule has 0 unspecified atom stereocenters. The highest BCUT2D eigenvalue weighted by Gasteiger charge is 2.17. The fourth-order valence-electron chi connectivity index (χ4n) is 2.57. The highest BCUT2D eigenvalue weighted by molar-refractivity contribution is 5.92. The lowest BCUT2D eigenvalue weighted by Gasteiger charge is -2.28. The number of ether oxygens (including phenoxy) is 1. The van der Waals surface area contributed by atoms with Gasteiger partial charge in [-0.3, -0.25) is 4.79 Å². The average molecular weight is 270 g/mol. The highest BCUT2D eigenvalue weighted by atomic mass is 16.5. The van der Waals surface area contributed by atoms with Gasteiger partial charge < -0.3 is 9.64 Å². The fourth-order valence-corrected chi connectivity index (χ4v) is 2.57. The van der Waals surface area contributed by atoms with Gasteiger partial charge in [0.15, 0.2) is 6.29 Å². The maximum atomic E-state index is 11.4. The number of hydrogen-bond donors (Lipinski definition) is 0. The molecule has 0 radical (unpaired) electrons. The number of aldehydes is 1. The molecule has 1 fully saturated rings. The van der Waals surface area contributed by atoms with Crippen molar-refractivity contribution in [3.8, 4) is 0 Å². The predicted molar refractivity (Wildman–Crippen MR) is 79.5 cm³/mol. The quantitative estimate of drug-likeness (QED) is 0.803. The van der Waals surface area contributed by atoms with Gasteiger partial charge in [-0.2, -0.15) is 0 Å². The van der Waals surface area contributed by atoms with Crippen LogP contribution in [0.25, 0.3) is 10.9 Å². The third kappa shape index (κ3) is 2.39. The lowest BCUT2D eigenvalue weighted by atomic mass is 10.1. The van der Waals surface area contributed by atoms with Gasteiger partial charge in [-0.25, -0.2) is 4.98 Å². The van der Waals surface area contributed by atoms with Gasteiger partial charge in [0.25, 0.3) is 0 Å². The summed E-state index contributed by atoms with van der Waals surface area (Å²) in [6.45, 7) is 5.07. The Morgan fingerprint density at radius 2 is 2.10 bits per heavy atom. The van der Waals surface area contributed by atoms with Crippen molar-refractivity contribution in [3.05, 3.63) is 35.4 Å². The van der Waals surface area contributed by atoms with Crippen LogP contribution < -0.4 is 4.90 Å². The maximum Gasteiger partial charge on any atom is 0.153 e. The molecular weight excluding hydrogens is 252 g/mol. The van der Waals surface area contributed by atoms with Crippen LogP contribution in [0.2, 0.25) is 0 Å². The molecule has 4 heteroatoms. The smallest absolute Gasteiger partial charge is 0.153 e. The Labute approximate surface area is 118 Å². The Balaban J connectivity index is 2.09. The van der Waals surface area contributed by atoms with Gasteiger partial charge in [-0.1, -0.05) is 13.0 Å². The summed E-state index contributed by atoms with van der Waals surface area (Å²) in [7, 11) is 0. The Hall–Kier alpha value is -1.94. The summed E-state index contributed by atoms with van der Waals surface area (Å²) in [6.07, 6.45) is 1.88. The molecule has 1 aromatic heterocycles. The molecule has 2 heterocycles. The Bertz CT molecular complexity index is 634. The van der Waals surface area contributed by atoms with E-state index in [0.29, 0.717) is 18.8 Å². The zero-order valence-electron chi connectivity index (χ0n) is 11.6. The van der Waals surface area contributed by atoms with E-state index in [9.17, 15) is 4.79 Å². The van der Waals surface area contributed by atoms with Crippen LogP contribution in [0.1, 0.15) is 22.8 Å². The van der Waals surface area contributed by atoms with E-state index in [4.69, 9.17) is 4.74 Å². The van der Waals surface area contributed by atoms with Gasteiger partial charge in [0.2, 0.25) is 0 Å². The molecule has 104 valence electrons. The summed E-state index contributed by atoms with van der Waals surface area (Å²) >= 11 is 0. The number of rotatable bonds is 3. The third-order valence-electron chi connectivity index (χ3n) is 3.73. The van der Waals surface area contributed by atoms with Crippen LogP contribution in [0.3, 0.4) is 0 Å². The molecule has 4 nitrogen and oxygen atoms in total. The van der Waals surface area contributed by atoms with E-state index in [1.807, 2.05) is 12.1 Å². The number of pyridine rings is 1. The number of aromatic nitrogens is 1. The number of carbonyl (C=O) groups is 1. The van der Waals surface area contributed by atoms with Crippen LogP contribution in [0.5, 0.6) is 0 Å². The molecule has 0 spiro atoms. The first-order valence-corrected chi connectivity index (χ1v) is 7.03. The van der Waals surface area contributed by atoms with Crippen molar-refractivity contribution < 1.29 is 9.53 Å². The SMILES string of the molecule is CCc1ccc2nc(N3CCOCC3)c(C=O)cc2c1. The number of nitrogens with zero attached hydrogens (tertiary/aromatic N) is 2. The first-order chi connectivity index (χ1) is 9.81. The van der Waals surface area contributed by atoms with Crippen molar-refractivity contribution >= 4 is 23.0 Å². The first-order valence-electron chi connectivity index (χ1n) is 7.03. The summed E-state index contributed by atoms with van der Waals surface area (Å²) in [5.74, 6) is 0.778. The standard InChI is InChI=1S/C16H18N2O2/c1-2-12-3-4-15-13(9-12)10-14(11-19)16(17-15)18-5-7-20-8-6-18/h3-4,9-11H,2,5-8H2,1H3. The molecule has 2 aromatic rings. The first kappa shape index (κ1) is 13.1. The van der Waals surface area contributed by atoms with Gasteiger partial charge in [0.05, 0.1) is 24.3 Å². The summed E-state index contributed by atoms with van der Waals surface area (Å²) in [5.41, 5.74) is 2.86. The van der Waals surface area contributed by atoms with E-state index in [2.05, 4.69) is 28.9 Å². The van der Waals surface area contributed by atoms with Crippen molar-refractivity contribution in [1.29, 1.82) is 0 Å². The van der Waals surface area contributed by atoms with Crippen LogP contribution in [-0.2, 0) is 11.2 Å². The number of carbonyl (C=O) groups excluding carboxylic acids is 1. The summed E-state index contributed by atoms with van der Waals surface area (Å²) < 4.78 is 5.35. The van der Waals surface area contributed by atoms with Gasteiger partial charge in [0.1, 0.15) is 5.82 Å². The summed E-state index contributed by atoms with van der Waals surface area (Å²) in [6, 6.07) is 8.18. The molecular formula is C16H18N2O2. The third-order valence-corrected chi connectivity index (χ3v) is 3.73. The fraction of sp³-hybridized carbons (Fsp3) is 0.375. The number of morpholine rings is 1. The normalized spacial score (nSPS) is 15.6. The number of fused-ring (bicyclic) bond motifs is 1. The van der Waals surface area contributed by atoms with E-state index < -0.39 is 0 Å². The number of aryl methyl sites for hydroxylation is 1. The average Bonchev–Trinajstić information content (AvgIpc) is 2.53. The minimum Gasteiger partial charge on any atom is -0.378 e. The molecule has 0 N–H and O–H groups in total. The van der Waals surface area contributed by atoms with Crippen LogP contribution >= 0.6 is 0 Å². The number of anilines is 1. The van der Waals surface area contributed by atoms with Crippen molar-refractivity contribution in [3.63, 3.8) is 0 Å². The van der Waals surface area contributed by atoms with Crippen molar-refractivity contribution in [2.75, 3.05) is 31.2 Å². The predicted octanol–water partition coefficient (Wildman–Crippen LogP) is 2.45.